The molecule has 0 radical (unpaired) electrons. The van der Waals surface area contributed by atoms with Crippen molar-refractivity contribution >= 4 is 24.8 Å². The van der Waals surface area contributed by atoms with Crippen LogP contribution in [-0.4, -0.2) is 0 Å². The van der Waals surface area contributed by atoms with Gasteiger partial charge in [0.05, 0.1) is 0 Å². The Morgan fingerprint density at radius 3 is 1.95 bits per heavy atom. The third-order valence-corrected chi connectivity index (χ3v) is 4.75. The second-order valence-corrected chi connectivity index (χ2v) is 6.02. The molecule has 0 aromatic carbocycles. The molecule has 0 saturated heterocycles. The molecule has 22 heavy (non-hydrogen) atoms. The SMILES string of the molecule is CC1=[C-]C(C)C(C)=C1C.Cl.Cl.[C-]1=C(C2CCCC2)C=CC1.[Zr+2]. The van der Waals surface area contributed by atoms with E-state index < -0.39 is 0 Å². The van der Waals surface area contributed by atoms with Crippen molar-refractivity contribution in [1.29, 1.82) is 0 Å². The summed E-state index contributed by atoms with van der Waals surface area (Å²) in [5, 5.41) is 0. The molecule has 1 saturated carbocycles. The minimum Gasteiger partial charge on any atom is -0.269 e. The van der Waals surface area contributed by atoms with Crippen molar-refractivity contribution in [2.45, 2.75) is 59.8 Å². The van der Waals surface area contributed by atoms with Crippen molar-refractivity contribution < 1.29 is 26.2 Å². The van der Waals surface area contributed by atoms with E-state index >= 15 is 0 Å². The summed E-state index contributed by atoms with van der Waals surface area (Å²) in [7, 11) is 0. The molecule has 0 amide bonds. The Hall–Kier alpha value is 0.423. The Morgan fingerprint density at radius 2 is 1.64 bits per heavy atom. The number of hydrogen-bond acceptors (Lipinski definition) is 0. The first-order valence-electron chi connectivity index (χ1n) is 7.64. The molecular weight excluding hydrogens is 390 g/mol. The van der Waals surface area contributed by atoms with Gasteiger partial charge in [-0.1, -0.05) is 39.5 Å². The van der Waals surface area contributed by atoms with Gasteiger partial charge in [-0.2, -0.15) is 17.2 Å². The first-order chi connectivity index (χ1) is 9.09. The molecule has 3 aliphatic rings. The van der Waals surface area contributed by atoms with Crippen LogP contribution in [0.4, 0.5) is 0 Å². The first kappa shape index (κ1) is 24.7. The molecule has 0 heterocycles. The monoisotopic (exact) mass is 416 g/mol. The molecule has 0 nitrogen and oxygen atoms in total. The van der Waals surface area contributed by atoms with Crippen LogP contribution < -0.4 is 0 Å². The van der Waals surface area contributed by atoms with E-state index in [1.165, 1.54) is 48.0 Å². The van der Waals surface area contributed by atoms with E-state index in [2.05, 4.69) is 52.0 Å². The molecule has 0 aromatic rings. The van der Waals surface area contributed by atoms with Gasteiger partial charge in [-0.15, -0.1) is 38.2 Å². The maximum atomic E-state index is 3.40. The topological polar surface area (TPSA) is 0 Å². The summed E-state index contributed by atoms with van der Waals surface area (Å²) in [6.45, 7) is 8.67. The molecule has 3 rings (SSSR count). The molecule has 1 unspecified atom stereocenters. The molecule has 1 fully saturated rings. The van der Waals surface area contributed by atoms with E-state index in [1.54, 1.807) is 0 Å². The van der Waals surface area contributed by atoms with Gasteiger partial charge in [0, 0.05) is 0 Å². The van der Waals surface area contributed by atoms with E-state index in [1.807, 2.05) is 0 Å². The smallest absolute Gasteiger partial charge is 0.269 e. The zero-order chi connectivity index (χ0) is 13.8. The number of rotatable bonds is 1. The van der Waals surface area contributed by atoms with Crippen molar-refractivity contribution in [3.8, 4) is 0 Å². The Balaban J connectivity index is 0. The second-order valence-electron chi connectivity index (χ2n) is 6.02. The van der Waals surface area contributed by atoms with Gasteiger partial charge in [0.2, 0.25) is 0 Å². The van der Waals surface area contributed by atoms with Crippen LogP contribution in [0.15, 0.2) is 34.4 Å². The van der Waals surface area contributed by atoms with Crippen molar-refractivity contribution in [2.75, 3.05) is 0 Å². The average Bonchev–Trinajstić information content (AvgIpc) is 3.11. The summed E-state index contributed by atoms with van der Waals surface area (Å²) in [5.74, 6) is 1.43. The van der Waals surface area contributed by atoms with Crippen LogP contribution in [0.5, 0.6) is 0 Å². The Morgan fingerprint density at radius 1 is 1.05 bits per heavy atom. The third kappa shape index (κ3) is 6.50. The number of hydrogen-bond donors (Lipinski definition) is 0. The van der Waals surface area contributed by atoms with E-state index in [0.717, 1.165) is 12.3 Å². The van der Waals surface area contributed by atoms with Crippen LogP contribution in [0.1, 0.15) is 59.8 Å². The average molecular weight is 419 g/mol. The Kier molecular flexibility index (Phi) is 13.3. The van der Waals surface area contributed by atoms with Crippen molar-refractivity contribution in [2.24, 2.45) is 11.8 Å². The Labute approximate surface area is 168 Å². The minimum absolute atomic E-state index is 0. The summed E-state index contributed by atoms with van der Waals surface area (Å²) in [4.78, 5) is 0. The third-order valence-electron chi connectivity index (χ3n) is 4.75. The quantitative estimate of drug-likeness (QED) is 0.431. The molecule has 0 N–H and O–H groups in total. The molecule has 122 valence electrons. The molecule has 0 spiro atoms. The maximum absolute atomic E-state index is 3.40. The fourth-order valence-corrected chi connectivity index (χ4v) is 3.10. The van der Waals surface area contributed by atoms with Crippen molar-refractivity contribution in [3.05, 3.63) is 46.6 Å². The van der Waals surface area contributed by atoms with Crippen LogP contribution in [0.25, 0.3) is 0 Å². The van der Waals surface area contributed by atoms with E-state index in [4.69, 9.17) is 0 Å². The predicted molar refractivity (Wildman–Crippen MR) is 96.9 cm³/mol. The van der Waals surface area contributed by atoms with Gasteiger partial charge in [0.15, 0.2) is 0 Å². The summed E-state index contributed by atoms with van der Waals surface area (Å²) in [6, 6.07) is 0. The molecule has 3 heteroatoms. The van der Waals surface area contributed by atoms with Crippen LogP contribution in [0, 0.1) is 24.0 Å². The number of allylic oxidation sites excluding steroid dienone is 8. The standard InChI is InChI=1S/C10H13.C9H13.2ClH.Zr/c1-2-6-9(5-1)10-7-3-4-8-10;1-6-5-7(2)9(4)8(6)3;;;/h1,5,10H,2-4,7-8H2;6H,1-4H3;2*1H;/q2*-1;;;+2. The largest absolute Gasteiger partial charge is 2.00 e. The van der Waals surface area contributed by atoms with E-state index in [9.17, 15) is 0 Å². The normalized spacial score (nSPS) is 22.8. The van der Waals surface area contributed by atoms with Crippen LogP contribution in [0.2, 0.25) is 0 Å². The zero-order valence-corrected chi connectivity index (χ0v) is 18.3. The van der Waals surface area contributed by atoms with Crippen LogP contribution in [-0.2, 0) is 26.2 Å². The van der Waals surface area contributed by atoms with Crippen molar-refractivity contribution in [3.63, 3.8) is 0 Å². The summed E-state index contributed by atoms with van der Waals surface area (Å²) in [5.41, 5.74) is 5.74. The van der Waals surface area contributed by atoms with Gasteiger partial charge in [-0.25, -0.2) is 17.2 Å². The molecule has 0 bridgehead atoms. The van der Waals surface area contributed by atoms with Gasteiger partial charge < -0.3 is 0 Å². The van der Waals surface area contributed by atoms with Gasteiger partial charge in [-0.05, 0) is 18.8 Å². The number of halogens is 2. The van der Waals surface area contributed by atoms with E-state index in [0.29, 0.717) is 5.92 Å². The van der Waals surface area contributed by atoms with Crippen molar-refractivity contribution in [1.82, 2.24) is 0 Å². The summed E-state index contributed by atoms with van der Waals surface area (Å²) >= 11 is 0. The summed E-state index contributed by atoms with van der Waals surface area (Å²) < 4.78 is 0. The zero-order valence-electron chi connectivity index (χ0n) is 14.2. The van der Waals surface area contributed by atoms with Crippen LogP contribution in [0.3, 0.4) is 0 Å². The second kappa shape index (κ2) is 11.9. The first-order valence-corrected chi connectivity index (χ1v) is 7.64. The van der Waals surface area contributed by atoms with Gasteiger partial charge in [0.1, 0.15) is 0 Å². The predicted octanol–water partition coefficient (Wildman–Crippen LogP) is 6.43. The summed E-state index contributed by atoms with van der Waals surface area (Å²) in [6.07, 6.45) is 18.0. The maximum Gasteiger partial charge on any atom is 2.00 e. The van der Waals surface area contributed by atoms with Gasteiger partial charge in [-0.3, -0.25) is 12.2 Å². The van der Waals surface area contributed by atoms with Gasteiger partial charge in [0.25, 0.3) is 0 Å². The molecule has 0 aliphatic heterocycles. The minimum atomic E-state index is 0. The fraction of sp³-hybridized carbons (Fsp3) is 0.579. The molecule has 3 aliphatic carbocycles. The molecular formula is C19H28Cl2Zr. The van der Waals surface area contributed by atoms with Crippen LogP contribution >= 0.6 is 24.8 Å². The van der Waals surface area contributed by atoms with E-state index in [-0.39, 0.29) is 51.0 Å². The molecule has 1 atom stereocenters. The fourth-order valence-electron chi connectivity index (χ4n) is 3.10. The Bertz CT molecular complexity index is 452. The molecule has 0 aromatic heterocycles. The van der Waals surface area contributed by atoms with Gasteiger partial charge >= 0.3 is 26.2 Å².